The molecule has 0 spiro atoms. The SMILES string of the molecule is C[C@H]1CCCN(CCC(N)C2C[C@H](C)[C@H](C)N(C3COC3)C2)[C@H]1C. The Bertz CT molecular complexity index is 400. The van der Waals surface area contributed by atoms with Crippen LogP contribution in [0.5, 0.6) is 0 Å². The first-order valence-corrected chi connectivity index (χ1v) is 10.3. The number of hydrogen-bond acceptors (Lipinski definition) is 4. The molecule has 2 unspecified atom stereocenters. The van der Waals surface area contributed by atoms with Crippen LogP contribution < -0.4 is 5.73 Å². The van der Waals surface area contributed by atoms with E-state index in [0.717, 1.165) is 37.5 Å². The zero-order valence-electron chi connectivity index (χ0n) is 16.3. The number of nitrogens with two attached hydrogens (primary N) is 1. The van der Waals surface area contributed by atoms with Crippen LogP contribution in [0, 0.1) is 17.8 Å². The molecule has 3 saturated heterocycles. The summed E-state index contributed by atoms with van der Waals surface area (Å²) in [7, 11) is 0. The third kappa shape index (κ3) is 3.98. The molecule has 6 atom stereocenters. The van der Waals surface area contributed by atoms with E-state index >= 15 is 0 Å². The molecule has 0 amide bonds. The number of ether oxygens (including phenoxy) is 1. The van der Waals surface area contributed by atoms with Crippen molar-refractivity contribution in [3.05, 3.63) is 0 Å². The summed E-state index contributed by atoms with van der Waals surface area (Å²) >= 11 is 0. The molecule has 0 aromatic heterocycles. The van der Waals surface area contributed by atoms with Gasteiger partial charge >= 0.3 is 0 Å². The fourth-order valence-corrected chi connectivity index (χ4v) is 5.01. The Morgan fingerprint density at radius 2 is 1.83 bits per heavy atom. The summed E-state index contributed by atoms with van der Waals surface area (Å²) < 4.78 is 5.44. The van der Waals surface area contributed by atoms with Crippen LogP contribution in [0.25, 0.3) is 0 Å². The van der Waals surface area contributed by atoms with Gasteiger partial charge in [0.25, 0.3) is 0 Å². The van der Waals surface area contributed by atoms with Gasteiger partial charge in [-0.05, 0) is 70.4 Å². The average Bonchev–Trinajstić information content (AvgIpc) is 2.51. The zero-order valence-corrected chi connectivity index (χ0v) is 16.3. The Hall–Kier alpha value is -0.160. The number of piperidine rings is 2. The van der Waals surface area contributed by atoms with Crippen LogP contribution in [-0.2, 0) is 4.74 Å². The summed E-state index contributed by atoms with van der Waals surface area (Å²) in [4.78, 5) is 5.37. The fraction of sp³-hybridized carbons (Fsp3) is 1.00. The van der Waals surface area contributed by atoms with Gasteiger partial charge in [-0.25, -0.2) is 0 Å². The van der Waals surface area contributed by atoms with Gasteiger partial charge in [0.2, 0.25) is 0 Å². The summed E-state index contributed by atoms with van der Waals surface area (Å²) in [5.41, 5.74) is 6.69. The highest BCUT2D eigenvalue weighted by Gasteiger charge is 2.39. The fourth-order valence-electron chi connectivity index (χ4n) is 5.01. The smallest absolute Gasteiger partial charge is 0.0645 e. The molecule has 0 aromatic rings. The first-order valence-electron chi connectivity index (χ1n) is 10.3. The molecule has 3 heterocycles. The maximum absolute atomic E-state index is 6.69. The summed E-state index contributed by atoms with van der Waals surface area (Å²) in [5, 5.41) is 0. The lowest BCUT2D eigenvalue weighted by atomic mass is 9.79. The van der Waals surface area contributed by atoms with Crippen molar-refractivity contribution in [3.8, 4) is 0 Å². The lowest BCUT2D eigenvalue weighted by Crippen LogP contribution is -2.60. The Morgan fingerprint density at radius 1 is 1.08 bits per heavy atom. The van der Waals surface area contributed by atoms with Crippen LogP contribution in [-0.4, -0.2) is 66.8 Å². The van der Waals surface area contributed by atoms with Crippen molar-refractivity contribution in [2.45, 2.75) is 77.5 Å². The largest absolute Gasteiger partial charge is 0.378 e. The van der Waals surface area contributed by atoms with E-state index in [2.05, 4.69) is 37.5 Å². The minimum Gasteiger partial charge on any atom is -0.378 e. The standard InChI is InChI=1S/C20H39N3O/c1-14-6-5-8-22(16(14)3)9-7-20(21)18-10-15(2)17(4)23(11-18)19-12-24-13-19/h14-20H,5-13,21H2,1-4H3/t14-,15-,16-,17-,18?,20?/m0/s1. The van der Waals surface area contributed by atoms with Crippen LogP contribution >= 0.6 is 0 Å². The minimum absolute atomic E-state index is 0.341. The van der Waals surface area contributed by atoms with Gasteiger partial charge in [0.1, 0.15) is 0 Å². The van der Waals surface area contributed by atoms with Gasteiger partial charge < -0.3 is 15.4 Å². The van der Waals surface area contributed by atoms with E-state index in [-0.39, 0.29) is 0 Å². The second-order valence-electron chi connectivity index (χ2n) is 8.95. The summed E-state index contributed by atoms with van der Waals surface area (Å²) in [6.45, 7) is 15.1. The van der Waals surface area contributed by atoms with E-state index in [4.69, 9.17) is 10.5 Å². The first-order chi connectivity index (χ1) is 11.5. The van der Waals surface area contributed by atoms with Crippen LogP contribution in [0.3, 0.4) is 0 Å². The highest BCUT2D eigenvalue weighted by molar-refractivity contribution is 4.93. The van der Waals surface area contributed by atoms with Crippen LogP contribution in [0.1, 0.15) is 53.4 Å². The van der Waals surface area contributed by atoms with Gasteiger partial charge in [0.05, 0.1) is 19.3 Å². The van der Waals surface area contributed by atoms with Gasteiger partial charge in [0.15, 0.2) is 0 Å². The Kier molecular flexibility index (Phi) is 6.23. The maximum Gasteiger partial charge on any atom is 0.0645 e. The molecule has 140 valence electrons. The predicted molar refractivity (Wildman–Crippen MR) is 100 cm³/mol. The van der Waals surface area contributed by atoms with E-state index in [1.165, 1.54) is 38.9 Å². The highest BCUT2D eigenvalue weighted by Crippen LogP contribution is 2.32. The second-order valence-corrected chi connectivity index (χ2v) is 8.95. The third-order valence-corrected chi connectivity index (χ3v) is 7.42. The second kappa shape index (κ2) is 8.03. The van der Waals surface area contributed by atoms with Gasteiger partial charge in [-0.2, -0.15) is 0 Å². The summed E-state index contributed by atoms with van der Waals surface area (Å²) in [5.74, 6) is 2.22. The first kappa shape index (κ1) is 18.6. The van der Waals surface area contributed by atoms with Crippen LogP contribution in [0.15, 0.2) is 0 Å². The van der Waals surface area contributed by atoms with Gasteiger partial charge in [-0.15, -0.1) is 0 Å². The van der Waals surface area contributed by atoms with Crippen molar-refractivity contribution in [1.29, 1.82) is 0 Å². The molecular formula is C20H39N3O. The monoisotopic (exact) mass is 337 g/mol. The zero-order chi connectivity index (χ0) is 17.3. The molecule has 2 N–H and O–H groups in total. The van der Waals surface area contributed by atoms with E-state index in [9.17, 15) is 0 Å². The molecular weight excluding hydrogens is 298 g/mol. The van der Waals surface area contributed by atoms with E-state index in [0.29, 0.717) is 24.0 Å². The Labute approximate surface area is 149 Å². The highest BCUT2D eigenvalue weighted by atomic mass is 16.5. The summed E-state index contributed by atoms with van der Waals surface area (Å²) in [6.07, 6.45) is 5.19. The number of rotatable bonds is 5. The van der Waals surface area contributed by atoms with Gasteiger partial charge in [-0.1, -0.05) is 13.8 Å². The normalized spacial score (nSPS) is 41.1. The topological polar surface area (TPSA) is 41.7 Å². The van der Waals surface area contributed by atoms with E-state index in [1.807, 2.05) is 0 Å². The molecule has 0 radical (unpaired) electrons. The number of likely N-dealkylation sites (tertiary alicyclic amines) is 2. The molecule has 3 rings (SSSR count). The van der Waals surface area contributed by atoms with Crippen molar-refractivity contribution in [1.82, 2.24) is 9.80 Å². The quantitative estimate of drug-likeness (QED) is 0.837. The Balaban J connectivity index is 1.51. The Morgan fingerprint density at radius 3 is 2.50 bits per heavy atom. The van der Waals surface area contributed by atoms with Gasteiger partial charge in [0, 0.05) is 24.7 Å². The lowest BCUT2D eigenvalue weighted by molar-refractivity contribution is -0.103. The van der Waals surface area contributed by atoms with E-state index in [1.54, 1.807) is 0 Å². The van der Waals surface area contributed by atoms with Crippen molar-refractivity contribution >= 4 is 0 Å². The minimum atomic E-state index is 0.341. The van der Waals surface area contributed by atoms with Crippen LogP contribution in [0.2, 0.25) is 0 Å². The molecule has 0 saturated carbocycles. The van der Waals surface area contributed by atoms with Crippen molar-refractivity contribution in [2.75, 3.05) is 32.8 Å². The maximum atomic E-state index is 6.69. The van der Waals surface area contributed by atoms with Crippen molar-refractivity contribution < 1.29 is 4.74 Å². The molecule has 24 heavy (non-hydrogen) atoms. The molecule has 4 nitrogen and oxygen atoms in total. The molecule has 3 fully saturated rings. The number of nitrogens with zero attached hydrogens (tertiary/aromatic N) is 2. The third-order valence-electron chi connectivity index (χ3n) is 7.42. The van der Waals surface area contributed by atoms with Gasteiger partial charge in [-0.3, -0.25) is 4.90 Å². The molecule has 4 heteroatoms. The predicted octanol–water partition coefficient (Wildman–Crippen LogP) is 2.57. The average molecular weight is 338 g/mol. The van der Waals surface area contributed by atoms with Crippen molar-refractivity contribution in [2.24, 2.45) is 23.5 Å². The molecule has 0 aliphatic carbocycles. The number of hydrogen-bond donors (Lipinski definition) is 1. The lowest BCUT2D eigenvalue weighted by Gasteiger charge is -2.50. The molecule has 3 aliphatic heterocycles. The molecule has 0 bridgehead atoms. The molecule has 0 aromatic carbocycles. The van der Waals surface area contributed by atoms with Crippen LogP contribution in [0.4, 0.5) is 0 Å². The van der Waals surface area contributed by atoms with E-state index < -0.39 is 0 Å². The summed E-state index contributed by atoms with van der Waals surface area (Å²) in [6, 6.07) is 2.37. The molecule has 3 aliphatic rings. The van der Waals surface area contributed by atoms with Crippen molar-refractivity contribution in [3.63, 3.8) is 0 Å².